The summed E-state index contributed by atoms with van der Waals surface area (Å²) in [6.45, 7) is 2.78. The molecule has 0 N–H and O–H groups in total. The minimum Gasteiger partial charge on any atom is -0.294 e. The van der Waals surface area contributed by atoms with Crippen molar-refractivity contribution in [3.8, 4) is 0 Å². The van der Waals surface area contributed by atoms with Gasteiger partial charge in [-0.3, -0.25) is 4.79 Å². The quantitative estimate of drug-likeness (QED) is 0.148. The first kappa shape index (κ1) is 32.8. The first-order valence-corrected chi connectivity index (χ1v) is 14.6. The van der Waals surface area contributed by atoms with E-state index in [-0.39, 0.29) is 31.9 Å². The van der Waals surface area contributed by atoms with Crippen LogP contribution >= 0.6 is 43.5 Å². The summed E-state index contributed by atoms with van der Waals surface area (Å²) in [6.07, 6.45) is -10.6. The molecule has 2 aromatic rings. The van der Waals surface area contributed by atoms with Gasteiger partial charge in [0.1, 0.15) is 21.6 Å². The van der Waals surface area contributed by atoms with Crippen LogP contribution in [0.5, 0.6) is 0 Å². The van der Waals surface area contributed by atoms with Gasteiger partial charge in [-0.2, -0.15) is 26.3 Å². The number of ketones is 1. The minimum atomic E-state index is -5.15. The zero-order valence-corrected chi connectivity index (χ0v) is 24.4. The molecule has 0 aromatic heterocycles. The summed E-state index contributed by atoms with van der Waals surface area (Å²) >= 11 is 12.0. The number of rotatable bonds is 9. The summed E-state index contributed by atoms with van der Waals surface area (Å²) in [7, 11) is -3.49. The first-order chi connectivity index (χ1) is 17.3. The van der Waals surface area contributed by atoms with Crippen LogP contribution in [-0.4, -0.2) is 31.9 Å². The number of Topliss-reactive ketones (excluding diaryl/α,β-unsaturated/α-hetero) is 1. The zero-order chi connectivity index (χ0) is 29.2. The molecule has 0 aliphatic carbocycles. The molecular formula is C24H20Br2ClF7O3S. The van der Waals surface area contributed by atoms with Crippen molar-refractivity contribution < 1.29 is 43.9 Å². The van der Waals surface area contributed by atoms with E-state index in [2.05, 4.69) is 31.9 Å². The molecule has 3 nitrogen and oxygen atoms in total. The summed E-state index contributed by atoms with van der Waals surface area (Å²) in [5, 5.41) is -0.111. The fourth-order valence-electron chi connectivity index (χ4n) is 3.58. The third-order valence-corrected chi connectivity index (χ3v) is 9.94. The standard InChI is InChI=1S/C24H20Br2ClF7O3S/c1-3-38(36,37)11-12(2)6-21(35)15-5-4-13(7-17(15)24(32,33)34)20(28)10-16(23(29,30)31)14-8-18(25)22(26)19(27)9-14/h4-5,7-10,12,16H,3,6,11H2,1-2H3/b20-10-/t12-,16?/m0/s1. The first-order valence-electron chi connectivity index (χ1n) is 10.8. The van der Waals surface area contributed by atoms with Crippen molar-refractivity contribution in [1.29, 1.82) is 0 Å². The topological polar surface area (TPSA) is 51.2 Å². The van der Waals surface area contributed by atoms with Crippen LogP contribution in [0.15, 0.2) is 45.4 Å². The van der Waals surface area contributed by atoms with Crippen molar-refractivity contribution in [1.82, 2.24) is 0 Å². The maximum absolute atomic E-state index is 15.0. The summed E-state index contributed by atoms with van der Waals surface area (Å²) < 4.78 is 122. The summed E-state index contributed by atoms with van der Waals surface area (Å²) in [6, 6.07) is 3.68. The van der Waals surface area contributed by atoms with E-state index < -0.39 is 80.1 Å². The Morgan fingerprint density at radius 3 is 2.18 bits per heavy atom. The summed E-state index contributed by atoms with van der Waals surface area (Å²) in [4.78, 5) is 12.6. The second-order valence-electron chi connectivity index (χ2n) is 8.52. The predicted octanol–water partition coefficient (Wildman–Crippen LogP) is 9.18. The highest BCUT2D eigenvalue weighted by Gasteiger charge is 2.41. The van der Waals surface area contributed by atoms with Gasteiger partial charge in [0.2, 0.25) is 0 Å². The van der Waals surface area contributed by atoms with E-state index in [1.54, 1.807) is 0 Å². The number of hydrogen-bond donors (Lipinski definition) is 0. The van der Waals surface area contributed by atoms with Gasteiger partial charge in [0, 0.05) is 27.8 Å². The number of carbonyl (C=O) groups is 1. The number of sulfone groups is 1. The van der Waals surface area contributed by atoms with Gasteiger partial charge >= 0.3 is 12.4 Å². The van der Waals surface area contributed by atoms with Gasteiger partial charge in [-0.15, -0.1) is 0 Å². The molecule has 0 saturated carbocycles. The molecule has 2 aromatic carbocycles. The molecule has 1 unspecified atom stereocenters. The highest BCUT2D eigenvalue weighted by Crippen LogP contribution is 2.43. The summed E-state index contributed by atoms with van der Waals surface area (Å²) in [5.41, 5.74) is -3.68. The molecule has 0 bridgehead atoms. The maximum atomic E-state index is 15.0. The van der Waals surface area contributed by atoms with Crippen molar-refractivity contribution in [2.75, 3.05) is 11.5 Å². The monoisotopic (exact) mass is 714 g/mol. The van der Waals surface area contributed by atoms with Gasteiger partial charge in [-0.25, -0.2) is 12.8 Å². The number of benzene rings is 2. The molecule has 210 valence electrons. The van der Waals surface area contributed by atoms with Crippen molar-refractivity contribution in [2.45, 2.75) is 38.5 Å². The Hall–Kier alpha value is -1.44. The molecule has 2 atom stereocenters. The van der Waals surface area contributed by atoms with Gasteiger partial charge in [0.15, 0.2) is 5.78 Å². The molecule has 38 heavy (non-hydrogen) atoms. The highest BCUT2D eigenvalue weighted by molar-refractivity contribution is 9.13. The van der Waals surface area contributed by atoms with Gasteiger partial charge < -0.3 is 0 Å². The van der Waals surface area contributed by atoms with Crippen LogP contribution in [0.3, 0.4) is 0 Å². The second-order valence-corrected chi connectivity index (χ2v) is 13.0. The number of allylic oxidation sites excluding steroid dienone is 1. The van der Waals surface area contributed by atoms with E-state index in [1.165, 1.54) is 13.8 Å². The lowest BCUT2D eigenvalue weighted by Crippen LogP contribution is -2.20. The van der Waals surface area contributed by atoms with Crippen LogP contribution in [-0.2, 0) is 16.0 Å². The molecule has 0 aliphatic rings. The van der Waals surface area contributed by atoms with Gasteiger partial charge in [-0.1, -0.05) is 37.6 Å². The van der Waals surface area contributed by atoms with Crippen LogP contribution in [0.1, 0.15) is 53.2 Å². The van der Waals surface area contributed by atoms with Crippen molar-refractivity contribution in [3.63, 3.8) is 0 Å². The minimum absolute atomic E-state index is 0.111. The maximum Gasteiger partial charge on any atom is 0.417 e. The van der Waals surface area contributed by atoms with E-state index in [9.17, 15) is 39.6 Å². The van der Waals surface area contributed by atoms with Crippen molar-refractivity contribution >= 4 is 64.9 Å². The third kappa shape index (κ3) is 8.53. The van der Waals surface area contributed by atoms with Crippen LogP contribution in [0.25, 0.3) is 5.83 Å². The Bertz CT molecular complexity index is 1320. The largest absolute Gasteiger partial charge is 0.417 e. The van der Waals surface area contributed by atoms with E-state index in [4.69, 9.17) is 11.6 Å². The van der Waals surface area contributed by atoms with Gasteiger partial charge in [0.05, 0.1) is 20.8 Å². The molecule has 0 aliphatic heterocycles. The Morgan fingerprint density at radius 2 is 1.68 bits per heavy atom. The van der Waals surface area contributed by atoms with Crippen molar-refractivity contribution in [3.05, 3.63) is 72.6 Å². The molecule has 0 radical (unpaired) electrons. The second kappa shape index (κ2) is 12.4. The molecule has 0 spiro atoms. The highest BCUT2D eigenvalue weighted by atomic mass is 79.9. The molecule has 0 heterocycles. The third-order valence-electron chi connectivity index (χ3n) is 5.44. The number of hydrogen-bond acceptors (Lipinski definition) is 3. The average Bonchev–Trinajstić information content (AvgIpc) is 2.78. The molecule has 0 amide bonds. The van der Waals surface area contributed by atoms with E-state index in [0.29, 0.717) is 6.07 Å². The van der Waals surface area contributed by atoms with Crippen molar-refractivity contribution in [2.24, 2.45) is 5.92 Å². The van der Waals surface area contributed by atoms with E-state index >= 15 is 4.39 Å². The van der Waals surface area contributed by atoms with E-state index in [0.717, 1.165) is 18.2 Å². The Labute approximate surface area is 236 Å². The van der Waals surface area contributed by atoms with Crippen LogP contribution in [0, 0.1) is 5.92 Å². The Balaban J connectivity index is 2.52. The fraction of sp³-hybridized carbons (Fsp3) is 0.375. The molecule has 2 rings (SSSR count). The SMILES string of the molecule is CCS(=O)(=O)C[C@@H](C)CC(=O)c1ccc(/C(F)=C/C(c2cc(Cl)c(Br)c(Br)c2)C(F)(F)F)cc1C(F)(F)F. The normalized spacial score (nSPS) is 14.9. The molecule has 14 heteroatoms. The van der Waals surface area contributed by atoms with Gasteiger partial charge in [-0.05, 0) is 67.6 Å². The molecule has 0 fully saturated rings. The van der Waals surface area contributed by atoms with Crippen LogP contribution in [0.2, 0.25) is 5.02 Å². The number of halogens is 10. The molecular weight excluding hydrogens is 697 g/mol. The Morgan fingerprint density at radius 1 is 1.08 bits per heavy atom. The smallest absolute Gasteiger partial charge is 0.294 e. The zero-order valence-electron chi connectivity index (χ0n) is 19.7. The van der Waals surface area contributed by atoms with E-state index in [1.807, 2.05) is 0 Å². The number of alkyl halides is 6. The van der Waals surface area contributed by atoms with Crippen LogP contribution < -0.4 is 0 Å². The lowest BCUT2D eigenvalue weighted by Gasteiger charge is -2.19. The van der Waals surface area contributed by atoms with Crippen LogP contribution in [0.4, 0.5) is 30.7 Å². The predicted molar refractivity (Wildman–Crippen MR) is 139 cm³/mol. The summed E-state index contributed by atoms with van der Waals surface area (Å²) in [5.74, 6) is -6.61. The average molecular weight is 717 g/mol. The Kier molecular flexibility index (Phi) is 10.7. The lowest BCUT2D eigenvalue weighted by atomic mass is 9.93. The number of carbonyl (C=O) groups excluding carboxylic acids is 1. The molecule has 0 saturated heterocycles. The lowest BCUT2D eigenvalue weighted by molar-refractivity contribution is -0.140. The van der Waals surface area contributed by atoms with Gasteiger partial charge in [0.25, 0.3) is 0 Å². The fourth-order valence-corrected chi connectivity index (χ4v) is 5.85.